The van der Waals surface area contributed by atoms with Gasteiger partial charge in [-0.1, -0.05) is 0 Å². The summed E-state index contributed by atoms with van der Waals surface area (Å²) in [5.41, 5.74) is 7.75. The average molecular weight is 630 g/mol. The fraction of sp³-hybridized carbons (Fsp3) is 0. The Labute approximate surface area is 265 Å². The maximum atomic E-state index is 2.21. The van der Waals surface area contributed by atoms with Crippen LogP contribution in [0.15, 0.2) is 182 Å². The summed E-state index contributed by atoms with van der Waals surface area (Å²) < 4.78 is 0. The third-order valence-corrected chi connectivity index (χ3v) is 5.63. The maximum absolute atomic E-state index is 2.21. The van der Waals surface area contributed by atoms with Crippen LogP contribution in [0.1, 0.15) is 0 Å². The predicted octanol–water partition coefficient (Wildman–Crippen LogP) is 10.1. The van der Waals surface area contributed by atoms with E-state index in [0.29, 0.717) is 0 Å². The van der Waals surface area contributed by atoms with Crippen LogP contribution in [0.4, 0.5) is 0 Å². The minimum absolute atomic E-state index is 0. The van der Waals surface area contributed by atoms with Gasteiger partial charge >= 0.3 is 51.2 Å². The van der Waals surface area contributed by atoms with E-state index in [0.717, 1.165) is 0 Å². The second kappa shape index (κ2) is 19.9. The van der Waals surface area contributed by atoms with Crippen molar-refractivity contribution >= 4 is 0 Å². The van der Waals surface area contributed by atoms with Crippen molar-refractivity contribution in [3.63, 3.8) is 0 Å². The molecule has 7 aromatic carbocycles. The summed E-state index contributed by atoms with van der Waals surface area (Å²) in [6.07, 6.45) is 0. The van der Waals surface area contributed by atoms with Gasteiger partial charge in [0, 0.05) is 0 Å². The van der Waals surface area contributed by atoms with Crippen LogP contribution in [0.2, 0.25) is 0 Å². The topological polar surface area (TPSA) is 0 Å². The Bertz CT molecular complexity index is 1220. The fourth-order valence-electron chi connectivity index (χ4n) is 3.95. The van der Waals surface area contributed by atoms with Gasteiger partial charge in [-0.15, -0.1) is 59.2 Å². The normalized spacial score (nSPS) is 8.92. The zero-order valence-electron chi connectivity index (χ0n) is 21.4. The summed E-state index contributed by atoms with van der Waals surface area (Å²) in [4.78, 5) is 0. The van der Waals surface area contributed by atoms with Crippen LogP contribution in [-0.4, -0.2) is 0 Å². The van der Waals surface area contributed by atoms with E-state index >= 15 is 0 Å². The van der Waals surface area contributed by atoms with Gasteiger partial charge in [-0.25, -0.2) is 36.4 Å². The molecule has 0 radical (unpaired) electrons. The summed E-state index contributed by atoms with van der Waals surface area (Å²) in [6, 6.07) is 62.3. The molecule has 0 nitrogen and oxygen atoms in total. The van der Waals surface area contributed by atoms with Crippen molar-refractivity contribution < 1.29 is 51.2 Å². The van der Waals surface area contributed by atoms with Crippen molar-refractivity contribution in [3.8, 4) is 33.4 Å². The number of benzene rings is 1. The molecule has 0 heterocycles. The van der Waals surface area contributed by atoms with Crippen molar-refractivity contribution in [2.75, 3.05) is 0 Å². The SMILES string of the molecule is [Fe+2].[Fe+2].[Fe+2].c1cc(-[c-]2cccc2)c(-[c-]2cccc2)c(-[c-]2cccc2)c1.c1cc[cH-]c1.c1cc[cH-]c1.c1cc[cH-]c1. The second-order valence-electron chi connectivity index (χ2n) is 8.14. The Morgan fingerprint density at radius 3 is 0.872 bits per heavy atom. The smallest absolute Gasteiger partial charge is 0.214 e. The Hall–Kier alpha value is -3.12. The minimum Gasteiger partial charge on any atom is -0.214 e. The number of rotatable bonds is 3. The van der Waals surface area contributed by atoms with Crippen molar-refractivity contribution in [2.45, 2.75) is 0 Å². The molecule has 0 fully saturated rings. The van der Waals surface area contributed by atoms with Crippen LogP contribution < -0.4 is 0 Å². The first kappa shape index (κ1) is 33.9. The molecule has 7 rings (SSSR count). The summed E-state index contributed by atoms with van der Waals surface area (Å²) in [6.45, 7) is 0. The molecule has 0 atom stereocenters. The maximum Gasteiger partial charge on any atom is 2.00 e. The molecule has 3 heteroatoms. The van der Waals surface area contributed by atoms with E-state index in [9.17, 15) is 0 Å². The van der Waals surface area contributed by atoms with Gasteiger partial charge in [-0.05, 0) is 0 Å². The van der Waals surface area contributed by atoms with Crippen molar-refractivity contribution in [3.05, 3.63) is 182 Å². The Balaban J connectivity index is 0.000000346. The molecule has 0 bridgehead atoms. The van der Waals surface area contributed by atoms with E-state index in [2.05, 4.69) is 91.0 Å². The van der Waals surface area contributed by atoms with E-state index in [1.54, 1.807) is 0 Å². The Morgan fingerprint density at radius 1 is 0.333 bits per heavy atom. The third-order valence-electron chi connectivity index (χ3n) is 5.63. The van der Waals surface area contributed by atoms with Crippen molar-refractivity contribution in [1.82, 2.24) is 0 Å². The Morgan fingerprint density at radius 2 is 0.615 bits per heavy atom. The molecular weight excluding hydrogens is 600 g/mol. The first-order valence-electron chi connectivity index (χ1n) is 12.2. The Kier molecular flexibility index (Phi) is 17.3. The molecule has 198 valence electrons. The molecule has 0 aromatic heterocycles. The zero-order valence-corrected chi connectivity index (χ0v) is 24.7. The molecule has 0 N–H and O–H groups in total. The van der Waals surface area contributed by atoms with E-state index in [4.69, 9.17) is 0 Å². The number of hydrogen-bond donors (Lipinski definition) is 0. The molecule has 0 aliphatic rings. The second-order valence-corrected chi connectivity index (χ2v) is 8.14. The first-order valence-corrected chi connectivity index (χ1v) is 12.2. The summed E-state index contributed by atoms with van der Waals surface area (Å²) >= 11 is 0. The summed E-state index contributed by atoms with van der Waals surface area (Å²) in [5, 5.41) is 0. The van der Waals surface area contributed by atoms with Crippen LogP contribution in [0, 0.1) is 0 Å². The molecule has 0 spiro atoms. The summed E-state index contributed by atoms with van der Waals surface area (Å²) in [5.74, 6) is 0. The number of hydrogen-bond acceptors (Lipinski definition) is 0. The standard InChI is InChI=1S/C21H15.3C5H5.3Fe/c1-2-9-16(8-1)19-14-7-15-20(17-10-3-4-11-17)21(19)18-12-5-6-13-18;3*1-2-4-5-3-1;;;/h1-15H;3*1-5H;;;/q-3;3*-1;3*+2. The molecule has 0 aliphatic heterocycles. The van der Waals surface area contributed by atoms with Gasteiger partial charge in [-0.3, -0.25) is 0 Å². The minimum atomic E-state index is 0. The van der Waals surface area contributed by atoms with E-state index < -0.39 is 0 Å². The van der Waals surface area contributed by atoms with Crippen LogP contribution in [0.5, 0.6) is 0 Å². The zero-order chi connectivity index (χ0) is 24.7. The fourth-order valence-corrected chi connectivity index (χ4v) is 3.95. The molecule has 7 aromatic rings. The van der Waals surface area contributed by atoms with Gasteiger partial charge in [0.05, 0.1) is 0 Å². The van der Waals surface area contributed by atoms with E-state index in [1.807, 2.05) is 91.0 Å². The monoisotopic (exact) mass is 630 g/mol. The van der Waals surface area contributed by atoms with Crippen molar-refractivity contribution in [1.29, 1.82) is 0 Å². The average Bonchev–Trinajstić information content (AvgIpc) is 3.81. The molecule has 0 amide bonds. The molecule has 39 heavy (non-hydrogen) atoms. The van der Waals surface area contributed by atoms with Gasteiger partial charge in [0.2, 0.25) is 0 Å². The van der Waals surface area contributed by atoms with Crippen molar-refractivity contribution in [2.24, 2.45) is 0 Å². The third kappa shape index (κ3) is 10.9. The van der Waals surface area contributed by atoms with Crippen LogP contribution >= 0.6 is 0 Å². The predicted molar refractivity (Wildman–Crippen MR) is 156 cm³/mol. The molecule has 0 saturated heterocycles. The molecule has 0 aliphatic carbocycles. The first-order chi connectivity index (χ1) is 17.9. The molecular formula is C36H30Fe3. The van der Waals surface area contributed by atoms with Crippen LogP contribution in [-0.2, 0) is 51.2 Å². The van der Waals surface area contributed by atoms with E-state index in [1.165, 1.54) is 33.4 Å². The van der Waals surface area contributed by atoms with Gasteiger partial charge in [-0.2, -0.15) is 120 Å². The molecule has 0 saturated carbocycles. The van der Waals surface area contributed by atoms with Gasteiger partial charge in [0.1, 0.15) is 0 Å². The quantitative estimate of drug-likeness (QED) is 0.135. The molecule has 0 unspecified atom stereocenters. The van der Waals surface area contributed by atoms with Gasteiger partial charge in [0.25, 0.3) is 0 Å². The summed E-state index contributed by atoms with van der Waals surface area (Å²) in [7, 11) is 0. The van der Waals surface area contributed by atoms with Gasteiger partial charge in [0.15, 0.2) is 0 Å². The van der Waals surface area contributed by atoms with Crippen LogP contribution in [0.3, 0.4) is 0 Å². The van der Waals surface area contributed by atoms with Gasteiger partial charge < -0.3 is 0 Å². The largest absolute Gasteiger partial charge is 2.00 e. The van der Waals surface area contributed by atoms with Crippen LogP contribution in [0.25, 0.3) is 33.4 Å². The van der Waals surface area contributed by atoms with E-state index in [-0.39, 0.29) is 51.2 Å².